The second kappa shape index (κ2) is 6.92. The van der Waals surface area contributed by atoms with Crippen molar-refractivity contribution in [1.82, 2.24) is 15.1 Å². The number of rotatable bonds is 6. The highest BCUT2D eigenvalue weighted by molar-refractivity contribution is 9.09. The van der Waals surface area contributed by atoms with Gasteiger partial charge in [-0.3, -0.25) is 9.48 Å². The van der Waals surface area contributed by atoms with Crippen LogP contribution < -0.4 is 5.32 Å². The van der Waals surface area contributed by atoms with E-state index in [1.807, 2.05) is 19.9 Å². The molecule has 1 atom stereocenters. The molecule has 0 aliphatic carbocycles. The Labute approximate surface area is 117 Å². The van der Waals surface area contributed by atoms with Crippen molar-refractivity contribution < 1.29 is 4.79 Å². The second-order valence-electron chi connectivity index (χ2n) is 4.92. The third-order valence-electron chi connectivity index (χ3n) is 2.65. The summed E-state index contributed by atoms with van der Waals surface area (Å²) < 4.78 is 1.73. The van der Waals surface area contributed by atoms with Gasteiger partial charge in [-0.25, -0.2) is 0 Å². The Morgan fingerprint density at radius 3 is 2.78 bits per heavy atom. The maximum atomic E-state index is 12.0. The summed E-state index contributed by atoms with van der Waals surface area (Å²) in [4.78, 5) is 12.4. The first-order valence-corrected chi connectivity index (χ1v) is 7.32. The van der Waals surface area contributed by atoms with E-state index in [0.29, 0.717) is 29.5 Å². The molecule has 5 heteroatoms. The van der Waals surface area contributed by atoms with Crippen LogP contribution in [0.4, 0.5) is 0 Å². The van der Waals surface area contributed by atoms with Gasteiger partial charge in [-0.1, -0.05) is 29.8 Å². The molecular weight excluding hydrogens is 294 g/mol. The number of carbonyl (C=O) groups is 1. The highest BCUT2D eigenvalue weighted by Crippen LogP contribution is 2.12. The molecule has 1 N–H and O–H groups in total. The molecule has 18 heavy (non-hydrogen) atoms. The fraction of sp³-hybridized carbons (Fsp3) is 0.692. The van der Waals surface area contributed by atoms with Crippen LogP contribution in [0.3, 0.4) is 0 Å². The number of nitrogens with zero attached hydrogens (tertiary/aromatic N) is 2. The van der Waals surface area contributed by atoms with Gasteiger partial charge >= 0.3 is 0 Å². The van der Waals surface area contributed by atoms with Crippen LogP contribution in [-0.4, -0.2) is 27.1 Å². The number of amides is 1. The van der Waals surface area contributed by atoms with Crippen LogP contribution >= 0.6 is 15.9 Å². The molecule has 0 spiro atoms. The van der Waals surface area contributed by atoms with Gasteiger partial charge in [0.05, 0.1) is 5.69 Å². The van der Waals surface area contributed by atoms with Crippen molar-refractivity contribution in [3.63, 3.8) is 0 Å². The zero-order valence-electron chi connectivity index (χ0n) is 11.5. The minimum absolute atomic E-state index is 0.0503. The predicted molar refractivity (Wildman–Crippen MR) is 77.1 cm³/mol. The van der Waals surface area contributed by atoms with Crippen molar-refractivity contribution in [2.75, 3.05) is 6.54 Å². The summed E-state index contributed by atoms with van der Waals surface area (Å²) in [6, 6.07) is 1.82. The number of halogens is 1. The lowest BCUT2D eigenvalue weighted by Crippen LogP contribution is -2.31. The Balaban J connectivity index is 2.54. The normalized spacial score (nSPS) is 12.8. The first-order valence-electron chi connectivity index (χ1n) is 6.40. The molecule has 0 fully saturated rings. The van der Waals surface area contributed by atoms with E-state index in [1.54, 1.807) is 4.68 Å². The molecule has 1 heterocycles. The number of alkyl halides is 1. The van der Waals surface area contributed by atoms with Crippen LogP contribution in [0.5, 0.6) is 0 Å². The average molecular weight is 316 g/mol. The third-order valence-corrected chi connectivity index (χ3v) is 3.34. The lowest BCUT2D eigenvalue weighted by molar-refractivity contribution is 0.0942. The maximum Gasteiger partial charge on any atom is 0.269 e. The summed E-state index contributed by atoms with van der Waals surface area (Å²) in [5, 5.41) is 7.22. The van der Waals surface area contributed by atoms with Crippen molar-refractivity contribution >= 4 is 21.8 Å². The molecule has 0 saturated heterocycles. The second-order valence-corrected chi connectivity index (χ2v) is 6.22. The van der Waals surface area contributed by atoms with Crippen molar-refractivity contribution in [3.8, 4) is 0 Å². The van der Waals surface area contributed by atoms with Crippen molar-refractivity contribution in [3.05, 3.63) is 17.5 Å². The van der Waals surface area contributed by atoms with E-state index in [-0.39, 0.29) is 5.91 Å². The summed E-state index contributed by atoms with van der Waals surface area (Å²) in [6.45, 7) is 9.58. The van der Waals surface area contributed by atoms with E-state index < -0.39 is 0 Å². The predicted octanol–water partition coefficient (Wildman–Crippen LogP) is 2.75. The van der Waals surface area contributed by atoms with E-state index in [1.165, 1.54) is 0 Å². The van der Waals surface area contributed by atoms with Crippen LogP contribution in [-0.2, 0) is 6.54 Å². The summed E-state index contributed by atoms with van der Waals surface area (Å²) in [7, 11) is 0. The Morgan fingerprint density at radius 2 is 2.22 bits per heavy atom. The first-order chi connectivity index (χ1) is 8.43. The van der Waals surface area contributed by atoms with E-state index >= 15 is 0 Å². The van der Waals surface area contributed by atoms with Crippen LogP contribution in [0.15, 0.2) is 6.07 Å². The number of nitrogens with one attached hydrogen (secondary N) is 1. The molecule has 0 radical (unpaired) electrons. The number of hydrogen-bond donors (Lipinski definition) is 1. The molecule has 1 aromatic heterocycles. The monoisotopic (exact) mass is 315 g/mol. The molecule has 0 saturated carbocycles. The molecule has 0 bridgehead atoms. The summed E-state index contributed by atoms with van der Waals surface area (Å²) in [6.07, 6.45) is 1.05. The highest BCUT2D eigenvalue weighted by atomic mass is 79.9. The van der Waals surface area contributed by atoms with Crippen molar-refractivity contribution in [1.29, 1.82) is 0 Å². The van der Waals surface area contributed by atoms with Crippen LogP contribution in [0, 0.1) is 12.8 Å². The van der Waals surface area contributed by atoms with Gasteiger partial charge in [0.15, 0.2) is 0 Å². The summed E-state index contributed by atoms with van der Waals surface area (Å²) in [5.41, 5.74) is 1.51. The zero-order chi connectivity index (χ0) is 13.7. The SMILES string of the molecule is CCn1nc(C)cc1C(=O)NCC(Br)CC(C)C. The largest absolute Gasteiger partial charge is 0.350 e. The fourth-order valence-corrected chi connectivity index (χ4v) is 2.77. The lowest BCUT2D eigenvalue weighted by atomic mass is 10.1. The fourth-order valence-electron chi connectivity index (χ4n) is 1.86. The number of aromatic nitrogens is 2. The summed E-state index contributed by atoms with van der Waals surface area (Å²) in [5.74, 6) is 0.570. The Morgan fingerprint density at radius 1 is 1.56 bits per heavy atom. The van der Waals surface area contributed by atoms with Gasteiger partial charge < -0.3 is 5.32 Å². The molecule has 1 amide bonds. The quantitative estimate of drug-likeness (QED) is 0.820. The van der Waals surface area contributed by atoms with Crippen molar-refractivity contribution in [2.24, 2.45) is 5.92 Å². The summed E-state index contributed by atoms with van der Waals surface area (Å²) >= 11 is 3.58. The van der Waals surface area contributed by atoms with Crippen molar-refractivity contribution in [2.45, 2.75) is 45.5 Å². The van der Waals surface area contributed by atoms with Gasteiger partial charge in [0.2, 0.25) is 0 Å². The molecule has 1 unspecified atom stereocenters. The van der Waals surface area contributed by atoms with Crippen LogP contribution in [0.25, 0.3) is 0 Å². The molecule has 4 nitrogen and oxygen atoms in total. The van der Waals surface area contributed by atoms with Crippen LogP contribution in [0.1, 0.15) is 43.4 Å². The van der Waals surface area contributed by atoms with Gasteiger partial charge in [-0.05, 0) is 32.3 Å². The zero-order valence-corrected chi connectivity index (χ0v) is 13.1. The standard InChI is InChI=1S/C13H22BrN3O/c1-5-17-12(7-10(4)16-17)13(18)15-8-11(14)6-9(2)3/h7,9,11H,5-6,8H2,1-4H3,(H,15,18). The minimum atomic E-state index is -0.0503. The number of hydrogen-bond acceptors (Lipinski definition) is 2. The Kier molecular flexibility index (Phi) is 5.85. The minimum Gasteiger partial charge on any atom is -0.350 e. The van der Waals surface area contributed by atoms with Crippen LogP contribution in [0.2, 0.25) is 0 Å². The number of carbonyl (C=O) groups excluding carboxylic acids is 1. The molecule has 1 aromatic rings. The topological polar surface area (TPSA) is 46.9 Å². The average Bonchev–Trinajstić information content (AvgIpc) is 2.66. The van der Waals surface area contributed by atoms with E-state index in [4.69, 9.17) is 0 Å². The third kappa shape index (κ3) is 4.44. The molecule has 1 rings (SSSR count). The number of aryl methyl sites for hydroxylation is 2. The molecule has 0 aromatic carbocycles. The molecule has 0 aliphatic rings. The van der Waals surface area contributed by atoms with E-state index in [9.17, 15) is 4.79 Å². The van der Waals surface area contributed by atoms with Gasteiger partial charge in [0.1, 0.15) is 5.69 Å². The van der Waals surface area contributed by atoms with Gasteiger partial charge in [-0.15, -0.1) is 0 Å². The molecule has 102 valence electrons. The smallest absolute Gasteiger partial charge is 0.269 e. The molecular formula is C13H22BrN3O. The molecule has 0 aliphatic heterocycles. The van der Waals surface area contributed by atoms with Gasteiger partial charge in [0, 0.05) is 17.9 Å². The van der Waals surface area contributed by atoms with E-state index in [0.717, 1.165) is 12.1 Å². The highest BCUT2D eigenvalue weighted by Gasteiger charge is 2.14. The first kappa shape index (κ1) is 15.2. The maximum absolute atomic E-state index is 12.0. The van der Waals surface area contributed by atoms with Gasteiger partial charge in [-0.2, -0.15) is 5.10 Å². The lowest BCUT2D eigenvalue weighted by Gasteiger charge is -2.13. The Bertz CT molecular complexity index is 401. The van der Waals surface area contributed by atoms with E-state index in [2.05, 4.69) is 40.2 Å². The Hall–Kier alpha value is -0.840. The van der Waals surface area contributed by atoms with Gasteiger partial charge in [0.25, 0.3) is 5.91 Å².